The zero-order valence-corrected chi connectivity index (χ0v) is 27.6. The van der Waals surface area contributed by atoms with Crippen molar-refractivity contribution in [2.24, 2.45) is 56.7 Å². The van der Waals surface area contributed by atoms with Crippen molar-refractivity contribution in [2.45, 2.75) is 112 Å². The summed E-state index contributed by atoms with van der Waals surface area (Å²) >= 11 is 3.65. The molecule has 0 spiro atoms. The molecule has 7 heteroatoms. The highest BCUT2D eigenvalue weighted by Crippen LogP contribution is 2.77. The van der Waals surface area contributed by atoms with E-state index in [1.54, 1.807) is 0 Å². The van der Waals surface area contributed by atoms with Crippen LogP contribution >= 0.6 is 15.9 Å². The lowest BCUT2D eigenvalue weighted by Gasteiger charge is -2.72. The number of rotatable bonds is 6. The van der Waals surface area contributed by atoms with Crippen LogP contribution in [0.2, 0.25) is 0 Å². The monoisotopic (exact) mass is 634 g/mol. The zero-order valence-electron chi connectivity index (χ0n) is 26.0. The van der Waals surface area contributed by atoms with E-state index in [1.807, 2.05) is 0 Å². The molecule has 0 aromatic carbocycles. The Bertz CT molecular complexity index is 1120. The maximum absolute atomic E-state index is 13.0. The molecule has 0 saturated heterocycles. The summed E-state index contributed by atoms with van der Waals surface area (Å²) in [6.07, 6.45) is 9.10. The Labute approximate surface area is 254 Å². The maximum Gasteiger partial charge on any atom is 0.309 e. The van der Waals surface area contributed by atoms with Crippen molar-refractivity contribution < 1.29 is 29.0 Å². The highest BCUT2D eigenvalue weighted by atomic mass is 79.9. The Morgan fingerprint density at radius 3 is 2.17 bits per heavy atom. The molecule has 1 N–H and O–H groups in total. The zero-order chi connectivity index (χ0) is 30.2. The van der Waals surface area contributed by atoms with Crippen LogP contribution < -0.4 is 0 Å². The molecule has 5 rings (SSSR count). The van der Waals surface area contributed by atoms with Gasteiger partial charge in [-0.1, -0.05) is 55.8 Å². The molecule has 0 aromatic rings. The summed E-state index contributed by atoms with van der Waals surface area (Å²) in [5.41, 5.74) is 0.221. The van der Waals surface area contributed by atoms with Gasteiger partial charge in [-0.15, -0.1) is 0 Å². The van der Waals surface area contributed by atoms with Crippen LogP contribution in [0.1, 0.15) is 106 Å². The van der Waals surface area contributed by atoms with Crippen molar-refractivity contribution in [2.75, 3.05) is 11.9 Å². The van der Waals surface area contributed by atoms with Gasteiger partial charge in [0.05, 0.1) is 5.41 Å². The number of alkyl halides is 1. The van der Waals surface area contributed by atoms with Crippen LogP contribution in [0, 0.1) is 56.7 Å². The van der Waals surface area contributed by atoms with E-state index in [4.69, 9.17) is 9.47 Å². The van der Waals surface area contributed by atoms with Crippen molar-refractivity contribution in [3.8, 4) is 0 Å². The first-order chi connectivity index (χ1) is 19.1. The average molecular weight is 636 g/mol. The third kappa shape index (κ3) is 4.31. The smallest absolute Gasteiger partial charge is 0.309 e. The molecule has 5 aliphatic carbocycles. The minimum Gasteiger partial charge on any atom is -0.481 e. The molecule has 0 aromatic heterocycles. The SMILES string of the molecule is C=C(CBr)C1CC[C@]2(C(=O)O)CC[C@]3(C)C(CCC4[C@@]5(C)CC[C@H](OC(C)=O)[C@@](C)(COC(C)=O)C5CC[C@]43C)C12. The van der Waals surface area contributed by atoms with Gasteiger partial charge in [0, 0.05) is 24.6 Å². The van der Waals surface area contributed by atoms with E-state index in [9.17, 15) is 19.5 Å². The van der Waals surface area contributed by atoms with Crippen molar-refractivity contribution in [1.29, 1.82) is 0 Å². The Balaban J connectivity index is 1.53. The number of halogens is 1. The summed E-state index contributed by atoms with van der Waals surface area (Å²) in [5.74, 6) is 0.329. The fraction of sp³-hybridized carbons (Fsp3) is 0.853. The Morgan fingerprint density at radius 1 is 0.854 bits per heavy atom. The van der Waals surface area contributed by atoms with Crippen LogP contribution in [0.15, 0.2) is 12.2 Å². The summed E-state index contributed by atoms with van der Waals surface area (Å²) in [6.45, 7) is 17.3. The van der Waals surface area contributed by atoms with Crippen molar-refractivity contribution in [3.05, 3.63) is 12.2 Å². The molecule has 41 heavy (non-hydrogen) atoms. The van der Waals surface area contributed by atoms with E-state index in [0.29, 0.717) is 11.8 Å². The fourth-order valence-corrected chi connectivity index (χ4v) is 12.6. The van der Waals surface area contributed by atoms with Crippen LogP contribution in [0.4, 0.5) is 0 Å². The molecule has 5 unspecified atom stereocenters. The summed E-state index contributed by atoms with van der Waals surface area (Å²) in [5, 5.41) is 11.4. The van der Waals surface area contributed by atoms with Crippen molar-refractivity contribution in [1.82, 2.24) is 0 Å². The van der Waals surface area contributed by atoms with Gasteiger partial charge in [-0.05, 0) is 110 Å². The largest absolute Gasteiger partial charge is 0.481 e. The molecule has 5 fully saturated rings. The first-order valence-electron chi connectivity index (χ1n) is 15.9. The van der Waals surface area contributed by atoms with E-state index in [2.05, 4.69) is 50.2 Å². The standard InChI is InChI=1S/C34H51BrO6/c1-20(18-35)23-10-15-34(29(38)39)17-16-32(6)24(28(23)34)8-9-26-30(4)13-12-27(41-22(3)37)31(5,19-40-21(2)36)25(30)11-14-33(26,32)7/h23-28H,1,8-19H2,2-7H3,(H,38,39)/t23?,24?,25?,26?,27-,28?,30-,31-,32+,33+,34-/m0/s1. The van der Waals surface area contributed by atoms with E-state index in [-0.39, 0.29) is 58.6 Å². The molecule has 0 amide bonds. The summed E-state index contributed by atoms with van der Waals surface area (Å²) in [6, 6.07) is 0. The van der Waals surface area contributed by atoms with Crippen LogP contribution in [0.5, 0.6) is 0 Å². The van der Waals surface area contributed by atoms with Crippen LogP contribution in [0.3, 0.4) is 0 Å². The van der Waals surface area contributed by atoms with Crippen molar-refractivity contribution in [3.63, 3.8) is 0 Å². The number of aliphatic carboxylic acids is 1. The number of carbonyl (C=O) groups is 3. The van der Waals surface area contributed by atoms with Gasteiger partial charge in [0.15, 0.2) is 0 Å². The first-order valence-corrected chi connectivity index (χ1v) is 17.0. The number of fused-ring (bicyclic) bond motifs is 7. The predicted octanol–water partition coefficient (Wildman–Crippen LogP) is 7.58. The number of hydrogen-bond acceptors (Lipinski definition) is 5. The molecule has 5 aliphatic rings. The molecule has 0 bridgehead atoms. The number of carboxylic acid groups (broad SMARTS) is 1. The van der Waals surface area contributed by atoms with Gasteiger partial charge in [-0.25, -0.2) is 0 Å². The average Bonchev–Trinajstić information content (AvgIpc) is 3.30. The Hall–Kier alpha value is -1.37. The summed E-state index contributed by atoms with van der Waals surface area (Å²) < 4.78 is 11.6. The first kappa shape index (κ1) is 31.1. The summed E-state index contributed by atoms with van der Waals surface area (Å²) in [4.78, 5) is 37.1. The molecule has 0 heterocycles. The van der Waals surface area contributed by atoms with Crippen LogP contribution in [0.25, 0.3) is 0 Å². The second-order valence-corrected chi connectivity index (χ2v) is 16.1. The summed E-state index contributed by atoms with van der Waals surface area (Å²) in [7, 11) is 0. The number of hydrogen-bond donors (Lipinski definition) is 1. The molecule has 5 saturated carbocycles. The lowest BCUT2D eigenvalue weighted by molar-refractivity contribution is -0.257. The van der Waals surface area contributed by atoms with Gasteiger partial charge in [0.1, 0.15) is 12.7 Å². The molecular weight excluding hydrogens is 584 g/mol. The Morgan fingerprint density at radius 2 is 1.56 bits per heavy atom. The molecular formula is C34H51BrO6. The number of carbonyl (C=O) groups excluding carboxylic acids is 2. The van der Waals surface area contributed by atoms with E-state index < -0.39 is 16.8 Å². The number of esters is 2. The van der Waals surface area contributed by atoms with Gasteiger partial charge < -0.3 is 14.6 Å². The minimum atomic E-state index is -0.630. The van der Waals surface area contributed by atoms with Gasteiger partial charge in [0.2, 0.25) is 0 Å². The molecule has 230 valence electrons. The molecule has 0 aliphatic heterocycles. The third-order valence-electron chi connectivity index (χ3n) is 14.2. The number of allylic oxidation sites excluding steroid dienone is 1. The predicted molar refractivity (Wildman–Crippen MR) is 161 cm³/mol. The topological polar surface area (TPSA) is 89.9 Å². The fourth-order valence-electron chi connectivity index (χ4n) is 12.2. The molecule has 11 atom stereocenters. The van der Waals surface area contributed by atoms with Crippen LogP contribution in [-0.4, -0.2) is 41.1 Å². The van der Waals surface area contributed by atoms with Gasteiger partial charge in [0.25, 0.3) is 0 Å². The van der Waals surface area contributed by atoms with Crippen molar-refractivity contribution >= 4 is 33.8 Å². The normalized spacial score (nSPS) is 48.6. The molecule has 6 nitrogen and oxygen atoms in total. The Kier molecular flexibility index (Phi) is 7.86. The van der Waals surface area contributed by atoms with Gasteiger partial charge >= 0.3 is 17.9 Å². The number of ether oxygens (including phenoxy) is 2. The third-order valence-corrected chi connectivity index (χ3v) is 14.9. The van der Waals surface area contributed by atoms with E-state index >= 15 is 0 Å². The lowest BCUT2D eigenvalue weighted by Crippen LogP contribution is -2.68. The van der Waals surface area contributed by atoms with E-state index in [0.717, 1.165) is 75.1 Å². The second kappa shape index (κ2) is 10.4. The number of carboxylic acids is 1. The highest BCUT2D eigenvalue weighted by Gasteiger charge is 2.72. The van der Waals surface area contributed by atoms with Gasteiger partial charge in [-0.2, -0.15) is 0 Å². The maximum atomic E-state index is 13.0. The molecule has 0 radical (unpaired) electrons. The van der Waals surface area contributed by atoms with Gasteiger partial charge in [-0.3, -0.25) is 14.4 Å². The highest BCUT2D eigenvalue weighted by molar-refractivity contribution is 9.09. The minimum absolute atomic E-state index is 0.0163. The van der Waals surface area contributed by atoms with E-state index in [1.165, 1.54) is 13.8 Å². The van der Waals surface area contributed by atoms with Crippen LogP contribution in [-0.2, 0) is 23.9 Å². The lowest BCUT2D eigenvalue weighted by atomic mass is 9.32. The second-order valence-electron chi connectivity index (χ2n) is 15.5. The quantitative estimate of drug-likeness (QED) is 0.184.